The molecule has 0 fully saturated rings. The zero-order chi connectivity index (χ0) is 12.6. The summed E-state index contributed by atoms with van der Waals surface area (Å²) in [5.41, 5.74) is 2.38. The van der Waals surface area contributed by atoms with E-state index in [9.17, 15) is 0 Å². The Morgan fingerprint density at radius 3 is 1.88 bits per heavy atom. The molecule has 0 amide bonds. The predicted octanol–water partition coefficient (Wildman–Crippen LogP) is 5.34. The van der Waals surface area contributed by atoms with E-state index in [1.165, 1.54) is 6.42 Å². The van der Waals surface area contributed by atoms with Crippen LogP contribution in [0.25, 0.3) is 0 Å². The highest BCUT2D eigenvalue weighted by Crippen LogP contribution is 2.64. The molecule has 1 heteroatoms. The molecule has 92 valence electrons. The van der Waals surface area contributed by atoms with Crippen molar-refractivity contribution < 1.29 is 0 Å². The van der Waals surface area contributed by atoms with Gasteiger partial charge in [-0.15, -0.1) is 0 Å². The van der Waals surface area contributed by atoms with E-state index in [1.54, 1.807) is 5.57 Å². The van der Waals surface area contributed by atoms with Gasteiger partial charge in [0.25, 0.3) is 0 Å². The molecule has 0 aromatic heterocycles. The number of allylic oxidation sites excluding steroid dienone is 4. The lowest BCUT2D eigenvalue weighted by atomic mass is 10.2. The Morgan fingerprint density at radius 1 is 1.06 bits per heavy atom. The first-order valence-corrected chi connectivity index (χ1v) is 7.70. The van der Waals surface area contributed by atoms with E-state index in [4.69, 9.17) is 0 Å². The van der Waals surface area contributed by atoms with Crippen LogP contribution in [0.2, 0.25) is 0 Å². The Bertz CT molecular complexity index is 282. The van der Waals surface area contributed by atoms with Crippen LogP contribution in [-0.2, 0) is 0 Å². The quantitative estimate of drug-likeness (QED) is 0.570. The molecule has 0 radical (unpaired) electrons. The highest BCUT2D eigenvalue weighted by molar-refractivity contribution is 7.61. The summed E-state index contributed by atoms with van der Waals surface area (Å²) in [5.74, 6) is 0. The topological polar surface area (TPSA) is 0 Å². The Hall–Kier alpha value is -0.0900. The largest absolute Gasteiger partial charge is 0.0885 e. The van der Waals surface area contributed by atoms with E-state index in [2.05, 4.69) is 66.7 Å². The molecule has 0 heterocycles. The van der Waals surface area contributed by atoms with Crippen molar-refractivity contribution in [1.29, 1.82) is 0 Å². The highest BCUT2D eigenvalue weighted by atomic mass is 31.1. The van der Waals surface area contributed by atoms with Crippen molar-refractivity contribution in [1.82, 2.24) is 0 Å². The molecule has 1 aliphatic carbocycles. The van der Waals surface area contributed by atoms with Gasteiger partial charge in [-0.2, -0.15) is 0 Å². The van der Waals surface area contributed by atoms with Crippen molar-refractivity contribution in [2.75, 3.05) is 0 Å². The third-order valence-corrected chi connectivity index (χ3v) is 7.17. The Morgan fingerprint density at radius 2 is 1.56 bits per heavy atom. The van der Waals surface area contributed by atoms with Gasteiger partial charge in [-0.3, -0.25) is 0 Å². The van der Waals surface area contributed by atoms with Crippen LogP contribution in [-0.4, -0.2) is 16.0 Å². The molecule has 0 aromatic carbocycles. The summed E-state index contributed by atoms with van der Waals surface area (Å²) in [6, 6.07) is 0. The van der Waals surface area contributed by atoms with Crippen molar-refractivity contribution >= 4 is 7.92 Å². The van der Waals surface area contributed by atoms with Crippen LogP contribution in [0.1, 0.15) is 54.9 Å². The standard InChI is InChI=1S/C15H27P/c1-12(13-10-8-9-11-13)16(14(2,3)4)15(5,6)7/h8-10,12H,11H2,1-7H3/t12-/m1/s1. The van der Waals surface area contributed by atoms with Crippen LogP contribution in [0.4, 0.5) is 0 Å². The van der Waals surface area contributed by atoms with Crippen LogP contribution in [0.3, 0.4) is 0 Å². The average Bonchev–Trinajstić information content (AvgIpc) is 2.48. The fourth-order valence-corrected chi connectivity index (χ4v) is 7.97. The van der Waals surface area contributed by atoms with Gasteiger partial charge in [0, 0.05) is 0 Å². The van der Waals surface area contributed by atoms with E-state index in [1.807, 2.05) is 0 Å². The molecule has 0 nitrogen and oxygen atoms in total. The zero-order valence-corrected chi connectivity index (χ0v) is 12.9. The number of hydrogen-bond donors (Lipinski definition) is 0. The van der Waals surface area contributed by atoms with Crippen molar-refractivity contribution in [3.8, 4) is 0 Å². The summed E-state index contributed by atoms with van der Waals surface area (Å²) in [5, 5.41) is 0.854. The molecular weight excluding hydrogens is 211 g/mol. The van der Waals surface area contributed by atoms with Gasteiger partial charge in [-0.25, -0.2) is 0 Å². The van der Waals surface area contributed by atoms with Crippen LogP contribution in [0.5, 0.6) is 0 Å². The molecule has 0 unspecified atom stereocenters. The maximum absolute atomic E-state index is 2.43. The Kier molecular flexibility index (Phi) is 4.06. The molecule has 1 rings (SSSR count). The van der Waals surface area contributed by atoms with Crippen molar-refractivity contribution in [3.63, 3.8) is 0 Å². The highest BCUT2D eigenvalue weighted by Gasteiger charge is 2.38. The van der Waals surface area contributed by atoms with Gasteiger partial charge in [0.2, 0.25) is 0 Å². The summed E-state index contributed by atoms with van der Waals surface area (Å²) < 4.78 is 0. The second-order valence-electron chi connectivity index (χ2n) is 6.76. The monoisotopic (exact) mass is 238 g/mol. The molecule has 16 heavy (non-hydrogen) atoms. The molecular formula is C15H27P. The van der Waals surface area contributed by atoms with Crippen molar-refractivity contribution in [2.45, 2.75) is 70.9 Å². The first-order valence-electron chi connectivity index (χ1n) is 6.29. The smallest absolute Gasteiger partial charge is 0.00121 e. The summed E-state index contributed by atoms with van der Waals surface area (Å²) >= 11 is 0. The summed E-state index contributed by atoms with van der Waals surface area (Å²) in [6.45, 7) is 16.9. The third-order valence-electron chi connectivity index (χ3n) is 3.17. The van der Waals surface area contributed by atoms with Crippen LogP contribution >= 0.6 is 7.92 Å². The maximum Gasteiger partial charge on any atom is -0.00121 e. The van der Waals surface area contributed by atoms with Crippen LogP contribution in [0.15, 0.2) is 23.8 Å². The molecule has 1 atom stereocenters. The second-order valence-corrected chi connectivity index (χ2v) is 11.0. The van der Waals surface area contributed by atoms with E-state index in [-0.39, 0.29) is 7.92 Å². The van der Waals surface area contributed by atoms with Gasteiger partial charge >= 0.3 is 0 Å². The van der Waals surface area contributed by atoms with Crippen LogP contribution < -0.4 is 0 Å². The van der Waals surface area contributed by atoms with Crippen LogP contribution in [0, 0.1) is 0 Å². The molecule has 0 aliphatic heterocycles. The first kappa shape index (κ1) is 14.0. The van der Waals surface area contributed by atoms with Gasteiger partial charge in [0.05, 0.1) is 0 Å². The molecule has 0 bridgehead atoms. The molecule has 0 aromatic rings. The minimum absolute atomic E-state index is 0.0233. The molecule has 0 saturated carbocycles. The zero-order valence-electron chi connectivity index (χ0n) is 12.0. The molecule has 0 saturated heterocycles. The van der Waals surface area contributed by atoms with Gasteiger partial charge in [0.15, 0.2) is 0 Å². The van der Waals surface area contributed by atoms with Crippen molar-refractivity contribution in [2.24, 2.45) is 0 Å². The van der Waals surface area contributed by atoms with Gasteiger partial charge in [-0.05, 0) is 22.4 Å². The Balaban J connectivity index is 2.94. The lowest BCUT2D eigenvalue weighted by Crippen LogP contribution is -2.31. The number of hydrogen-bond acceptors (Lipinski definition) is 0. The Labute approximate surface area is 103 Å². The summed E-state index contributed by atoms with van der Waals surface area (Å²) in [7, 11) is -0.0233. The second kappa shape index (κ2) is 4.65. The minimum atomic E-state index is -0.0233. The normalized spacial score (nSPS) is 19.1. The van der Waals surface area contributed by atoms with E-state index >= 15 is 0 Å². The SMILES string of the molecule is C[C@H](C1=CC=CC1)P(C(C)(C)C)C(C)(C)C. The summed E-state index contributed by atoms with van der Waals surface area (Å²) in [4.78, 5) is 0. The first-order chi connectivity index (χ1) is 7.14. The minimum Gasteiger partial charge on any atom is -0.0885 e. The molecule has 0 spiro atoms. The molecule has 1 aliphatic rings. The van der Waals surface area contributed by atoms with Gasteiger partial charge < -0.3 is 0 Å². The number of rotatable bonds is 2. The van der Waals surface area contributed by atoms with Gasteiger partial charge in [-0.1, -0.05) is 80.2 Å². The van der Waals surface area contributed by atoms with E-state index in [0.29, 0.717) is 10.3 Å². The average molecular weight is 238 g/mol. The third kappa shape index (κ3) is 3.20. The van der Waals surface area contributed by atoms with Crippen molar-refractivity contribution in [3.05, 3.63) is 23.8 Å². The molecule has 0 N–H and O–H groups in total. The maximum atomic E-state index is 2.43. The lowest BCUT2D eigenvalue weighted by molar-refractivity contribution is 0.693. The lowest BCUT2D eigenvalue weighted by Gasteiger charge is -2.46. The summed E-state index contributed by atoms with van der Waals surface area (Å²) in [6.07, 6.45) is 8.00. The van der Waals surface area contributed by atoms with E-state index < -0.39 is 0 Å². The fourth-order valence-electron chi connectivity index (χ4n) is 3.11. The van der Waals surface area contributed by atoms with E-state index in [0.717, 1.165) is 5.66 Å². The van der Waals surface area contributed by atoms with Gasteiger partial charge in [0.1, 0.15) is 0 Å². The fraction of sp³-hybridized carbons (Fsp3) is 0.733. The predicted molar refractivity (Wildman–Crippen MR) is 77.7 cm³/mol.